The molecule has 0 aromatic heterocycles. The smallest absolute Gasteiger partial charge is 0.164 e. The zero-order valence-electron chi connectivity index (χ0n) is 20.9. The van der Waals surface area contributed by atoms with Crippen LogP contribution in [0.3, 0.4) is 0 Å². The van der Waals surface area contributed by atoms with Gasteiger partial charge in [0.05, 0.1) is 36.7 Å². The first-order chi connectivity index (χ1) is 16.7. The normalized spacial score (nSPS) is 24.7. The van der Waals surface area contributed by atoms with E-state index in [1.54, 1.807) is 0 Å². The number of aliphatic hydroxyl groups is 2. The minimum atomic E-state index is -0.898. The first-order valence-corrected chi connectivity index (χ1v) is 12.4. The summed E-state index contributed by atoms with van der Waals surface area (Å²) in [5.74, 6) is 0.811. The molecule has 4 atom stereocenters. The fraction of sp³-hybridized carbons (Fsp3) is 0.556. The van der Waals surface area contributed by atoms with Gasteiger partial charge in [-0.3, -0.25) is 0 Å². The quantitative estimate of drug-likeness (QED) is 0.647. The van der Waals surface area contributed by atoms with E-state index >= 15 is 0 Å². The van der Waals surface area contributed by atoms with Gasteiger partial charge >= 0.3 is 0 Å². The first kappa shape index (κ1) is 24.2. The molecule has 5 rings (SSSR count). The molecule has 190 valence electrons. The van der Waals surface area contributed by atoms with E-state index in [1.165, 1.54) is 0 Å². The van der Waals surface area contributed by atoms with Gasteiger partial charge < -0.3 is 39.0 Å². The summed E-state index contributed by atoms with van der Waals surface area (Å²) in [6.45, 7) is 6.62. The summed E-state index contributed by atoms with van der Waals surface area (Å²) in [6, 6.07) is 11.9. The van der Waals surface area contributed by atoms with Crippen molar-refractivity contribution >= 4 is 11.4 Å². The number of hydrogen-bond donors (Lipinski definition) is 2. The number of benzene rings is 2. The summed E-state index contributed by atoms with van der Waals surface area (Å²) in [5.41, 5.74) is 3.99. The number of aliphatic hydroxyl groups excluding tert-OH is 2. The molecule has 8 heteroatoms. The van der Waals surface area contributed by atoms with Crippen LogP contribution in [-0.4, -0.2) is 80.8 Å². The van der Waals surface area contributed by atoms with Crippen LogP contribution in [0.15, 0.2) is 36.4 Å². The Hall–Kier alpha value is -2.52. The maximum Gasteiger partial charge on any atom is 0.164 e. The zero-order valence-corrected chi connectivity index (χ0v) is 20.9. The predicted molar refractivity (Wildman–Crippen MR) is 134 cm³/mol. The second-order valence-corrected chi connectivity index (χ2v) is 10.3. The Morgan fingerprint density at radius 1 is 0.800 bits per heavy atom. The lowest BCUT2D eigenvalue weighted by Crippen LogP contribution is -2.44. The minimum absolute atomic E-state index is 0.384. The molecule has 0 radical (unpaired) electrons. The summed E-state index contributed by atoms with van der Waals surface area (Å²) < 4.78 is 23.7. The van der Waals surface area contributed by atoms with E-state index < -0.39 is 30.2 Å². The molecule has 3 heterocycles. The van der Waals surface area contributed by atoms with E-state index in [-0.39, 0.29) is 0 Å². The largest absolute Gasteiger partial charge is 0.490 e. The molecule has 0 spiro atoms. The number of rotatable bonds is 6. The van der Waals surface area contributed by atoms with Gasteiger partial charge in [-0.2, -0.15) is 0 Å². The first-order valence-electron chi connectivity index (χ1n) is 12.4. The van der Waals surface area contributed by atoms with Crippen molar-refractivity contribution in [2.45, 2.75) is 56.9 Å². The van der Waals surface area contributed by atoms with Crippen LogP contribution in [0.1, 0.15) is 25.0 Å². The second kappa shape index (κ2) is 9.50. The fourth-order valence-corrected chi connectivity index (χ4v) is 5.17. The van der Waals surface area contributed by atoms with Crippen LogP contribution in [0.2, 0.25) is 0 Å². The van der Waals surface area contributed by atoms with Crippen molar-refractivity contribution in [3.63, 3.8) is 0 Å². The Morgan fingerprint density at radius 3 is 1.66 bits per heavy atom. The van der Waals surface area contributed by atoms with Crippen LogP contribution >= 0.6 is 0 Å². The molecular formula is C27H36N2O6. The Morgan fingerprint density at radius 2 is 1.23 bits per heavy atom. The van der Waals surface area contributed by atoms with Gasteiger partial charge in [-0.05, 0) is 49.2 Å². The summed E-state index contributed by atoms with van der Waals surface area (Å²) in [4.78, 5) is 4.31. The van der Waals surface area contributed by atoms with Crippen molar-refractivity contribution in [1.29, 1.82) is 0 Å². The van der Waals surface area contributed by atoms with E-state index in [9.17, 15) is 10.2 Å². The van der Waals surface area contributed by atoms with Crippen LogP contribution in [0.4, 0.5) is 11.4 Å². The van der Waals surface area contributed by atoms with Crippen molar-refractivity contribution in [2.24, 2.45) is 0 Å². The molecule has 0 aliphatic carbocycles. The van der Waals surface area contributed by atoms with Gasteiger partial charge in [-0.25, -0.2) is 0 Å². The summed E-state index contributed by atoms with van der Waals surface area (Å²) >= 11 is 0. The molecule has 1 saturated heterocycles. The Balaban J connectivity index is 1.30. The number of anilines is 2. The van der Waals surface area contributed by atoms with Crippen LogP contribution in [-0.2, 0) is 22.3 Å². The number of fused-ring (bicyclic) bond motifs is 2. The van der Waals surface area contributed by atoms with Crippen LogP contribution in [0.25, 0.3) is 0 Å². The van der Waals surface area contributed by atoms with Gasteiger partial charge in [-0.15, -0.1) is 0 Å². The van der Waals surface area contributed by atoms with Crippen molar-refractivity contribution in [1.82, 2.24) is 0 Å². The molecule has 8 nitrogen and oxygen atoms in total. The highest BCUT2D eigenvalue weighted by atomic mass is 16.8. The van der Waals surface area contributed by atoms with Gasteiger partial charge in [0.25, 0.3) is 0 Å². The minimum Gasteiger partial charge on any atom is -0.490 e. The highest BCUT2D eigenvalue weighted by Crippen LogP contribution is 2.37. The molecule has 35 heavy (non-hydrogen) atoms. The van der Waals surface area contributed by atoms with E-state index in [2.05, 4.69) is 21.9 Å². The van der Waals surface area contributed by atoms with Crippen molar-refractivity contribution in [3.8, 4) is 11.5 Å². The highest BCUT2D eigenvalue weighted by Gasteiger charge is 2.47. The maximum absolute atomic E-state index is 11.2. The van der Waals surface area contributed by atoms with E-state index in [4.69, 9.17) is 18.9 Å². The fourth-order valence-electron chi connectivity index (χ4n) is 5.17. The number of nitrogens with zero attached hydrogens (tertiary/aromatic N) is 2. The maximum atomic E-state index is 11.2. The lowest BCUT2D eigenvalue weighted by atomic mass is 9.94. The molecule has 3 aliphatic heterocycles. The topological polar surface area (TPSA) is 83.9 Å². The molecule has 2 N–H and O–H groups in total. The van der Waals surface area contributed by atoms with E-state index in [0.717, 1.165) is 47.1 Å². The van der Waals surface area contributed by atoms with E-state index in [1.807, 2.05) is 52.2 Å². The molecule has 1 fully saturated rings. The van der Waals surface area contributed by atoms with Gasteiger partial charge in [-0.1, -0.05) is 12.1 Å². The van der Waals surface area contributed by atoms with Crippen molar-refractivity contribution in [2.75, 3.05) is 50.2 Å². The number of likely N-dealkylation sites (N-methyl/N-ethyl adjacent to an activating group) is 2. The molecule has 0 saturated carbocycles. The molecule has 2 aromatic carbocycles. The monoisotopic (exact) mass is 484 g/mol. The Labute approximate surface area is 207 Å². The lowest BCUT2D eigenvalue weighted by Gasteiger charge is -2.30. The Bertz CT molecular complexity index is 978. The predicted octanol–water partition coefficient (Wildman–Crippen LogP) is 2.37. The third kappa shape index (κ3) is 5.07. The third-order valence-corrected chi connectivity index (χ3v) is 7.05. The van der Waals surface area contributed by atoms with Gasteiger partial charge in [0.1, 0.15) is 36.9 Å². The molecule has 0 unspecified atom stereocenters. The average molecular weight is 485 g/mol. The van der Waals surface area contributed by atoms with Gasteiger partial charge in [0.2, 0.25) is 0 Å². The van der Waals surface area contributed by atoms with Gasteiger partial charge in [0, 0.05) is 26.9 Å². The van der Waals surface area contributed by atoms with Gasteiger partial charge in [0.15, 0.2) is 5.79 Å². The summed E-state index contributed by atoms with van der Waals surface area (Å²) in [6.07, 6.45) is -2.23. The SMILES string of the molecule is CN1CCOc2ccc(C[C@H](O)[C@@H]3OC(C)(C)O[C@H]3[C@@H](O)Cc3ccc4c(c3)N(C)CCO4)cc21. The van der Waals surface area contributed by atoms with E-state index in [0.29, 0.717) is 26.1 Å². The number of ether oxygens (including phenoxy) is 4. The molecule has 2 aromatic rings. The highest BCUT2D eigenvalue weighted by molar-refractivity contribution is 5.61. The molecule has 0 bridgehead atoms. The molecule has 0 amide bonds. The zero-order chi connectivity index (χ0) is 24.7. The number of hydrogen-bond acceptors (Lipinski definition) is 8. The second-order valence-electron chi connectivity index (χ2n) is 10.3. The molecular weight excluding hydrogens is 448 g/mol. The van der Waals surface area contributed by atoms with Crippen molar-refractivity contribution in [3.05, 3.63) is 47.5 Å². The van der Waals surface area contributed by atoms with Crippen molar-refractivity contribution < 1.29 is 29.2 Å². The Kier molecular flexibility index (Phi) is 6.57. The van der Waals surface area contributed by atoms with Crippen LogP contribution in [0.5, 0.6) is 11.5 Å². The summed E-state index contributed by atoms with van der Waals surface area (Å²) in [5, 5.41) is 22.4. The average Bonchev–Trinajstić information content (AvgIpc) is 3.16. The standard InChI is InChI=1S/C27H36N2O6/c1-27(2)34-25(21(30)15-17-5-7-23-19(13-17)28(3)9-11-32-23)26(35-27)22(31)16-18-6-8-24-20(14-18)29(4)10-12-33-24/h5-8,13-14,21-22,25-26,30-31H,9-12,15-16H2,1-4H3/t21-,22-,25-,26-/m0/s1. The van der Waals surface area contributed by atoms with Crippen LogP contribution < -0.4 is 19.3 Å². The lowest BCUT2D eigenvalue weighted by molar-refractivity contribution is -0.160. The molecule has 3 aliphatic rings. The van der Waals surface area contributed by atoms with Crippen LogP contribution in [0, 0.1) is 0 Å². The summed E-state index contributed by atoms with van der Waals surface area (Å²) in [7, 11) is 4.07. The third-order valence-electron chi connectivity index (χ3n) is 7.05.